The second-order valence-corrected chi connectivity index (χ2v) is 4.10. The Morgan fingerprint density at radius 3 is 2.88 bits per heavy atom. The summed E-state index contributed by atoms with van der Waals surface area (Å²) in [5, 5.41) is 0. The van der Waals surface area contributed by atoms with Crippen molar-refractivity contribution in [3.63, 3.8) is 0 Å². The highest BCUT2D eigenvalue weighted by Crippen LogP contribution is 2.37. The van der Waals surface area contributed by atoms with Gasteiger partial charge in [-0.3, -0.25) is 0 Å². The molecule has 1 aromatic carbocycles. The van der Waals surface area contributed by atoms with E-state index in [1.54, 1.807) is 12.4 Å². The van der Waals surface area contributed by atoms with Gasteiger partial charge in [0.15, 0.2) is 0 Å². The van der Waals surface area contributed by atoms with Crippen LogP contribution in [-0.4, -0.2) is 22.6 Å². The molecule has 0 amide bonds. The predicted molar refractivity (Wildman–Crippen MR) is 64.6 cm³/mol. The Kier molecular flexibility index (Phi) is 2.49. The zero-order valence-corrected chi connectivity index (χ0v) is 9.34. The third kappa shape index (κ3) is 1.76. The summed E-state index contributed by atoms with van der Waals surface area (Å²) in [6.45, 7) is 0.541. The van der Waals surface area contributed by atoms with Crippen LogP contribution in [0.25, 0.3) is 11.1 Å². The summed E-state index contributed by atoms with van der Waals surface area (Å²) in [5.74, 6) is 0.928. The molecule has 2 N–H and O–H groups in total. The van der Waals surface area contributed by atoms with Crippen molar-refractivity contribution in [3.05, 3.63) is 42.5 Å². The van der Waals surface area contributed by atoms with Crippen LogP contribution in [0, 0.1) is 0 Å². The Balaban J connectivity index is 2.07. The number of ether oxygens (including phenoxy) is 1. The zero-order chi connectivity index (χ0) is 11.7. The van der Waals surface area contributed by atoms with Crippen LogP contribution in [0.15, 0.2) is 36.9 Å². The van der Waals surface area contributed by atoms with Gasteiger partial charge in [-0.2, -0.15) is 0 Å². The molecule has 0 bridgehead atoms. The lowest BCUT2D eigenvalue weighted by atomic mass is 10.0. The average Bonchev–Trinajstić information content (AvgIpc) is 2.82. The fourth-order valence-electron chi connectivity index (χ4n) is 2.14. The minimum absolute atomic E-state index is 0.0933. The van der Waals surface area contributed by atoms with Gasteiger partial charge in [-0.05, 0) is 5.56 Å². The van der Waals surface area contributed by atoms with Crippen LogP contribution in [0.2, 0.25) is 0 Å². The molecule has 86 valence electrons. The Labute approximate surface area is 99.5 Å². The van der Waals surface area contributed by atoms with Crippen molar-refractivity contribution in [2.75, 3.05) is 6.54 Å². The van der Waals surface area contributed by atoms with Crippen LogP contribution in [0.3, 0.4) is 0 Å². The molecule has 1 unspecified atom stereocenters. The maximum Gasteiger partial charge on any atom is 0.131 e. The Morgan fingerprint density at radius 1 is 1.29 bits per heavy atom. The lowest BCUT2D eigenvalue weighted by molar-refractivity contribution is 0.242. The largest absolute Gasteiger partial charge is 0.488 e. The van der Waals surface area contributed by atoms with E-state index in [1.807, 2.05) is 12.1 Å². The standard InChI is InChI=1S/C13H13N3O/c14-5-11-4-9-2-1-3-12(13(9)17-11)10-6-15-8-16-7-10/h1-3,6-8,11H,4-5,14H2. The molecule has 17 heavy (non-hydrogen) atoms. The molecule has 0 radical (unpaired) electrons. The zero-order valence-electron chi connectivity index (χ0n) is 9.34. The van der Waals surface area contributed by atoms with Crippen LogP contribution in [0.4, 0.5) is 0 Å². The predicted octanol–water partition coefficient (Wildman–Crippen LogP) is 1.41. The van der Waals surface area contributed by atoms with Gasteiger partial charge in [0.25, 0.3) is 0 Å². The van der Waals surface area contributed by atoms with E-state index in [9.17, 15) is 0 Å². The minimum Gasteiger partial charge on any atom is -0.488 e. The molecule has 0 saturated heterocycles. The van der Waals surface area contributed by atoms with E-state index in [1.165, 1.54) is 11.9 Å². The summed E-state index contributed by atoms with van der Waals surface area (Å²) in [7, 11) is 0. The van der Waals surface area contributed by atoms with E-state index in [4.69, 9.17) is 10.5 Å². The molecule has 0 saturated carbocycles. The number of para-hydroxylation sites is 1. The smallest absolute Gasteiger partial charge is 0.131 e. The van der Waals surface area contributed by atoms with E-state index in [2.05, 4.69) is 16.0 Å². The summed E-state index contributed by atoms with van der Waals surface area (Å²) >= 11 is 0. The van der Waals surface area contributed by atoms with E-state index in [0.29, 0.717) is 6.54 Å². The van der Waals surface area contributed by atoms with Crippen molar-refractivity contribution in [1.82, 2.24) is 9.97 Å². The first-order valence-corrected chi connectivity index (χ1v) is 5.62. The van der Waals surface area contributed by atoms with Crippen molar-refractivity contribution in [2.24, 2.45) is 5.73 Å². The van der Waals surface area contributed by atoms with Crippen LogP contribution >= 0.6 is 0 Å². The van der Waals surface area contributed by atoms with Gasteiger partial charge in [-0.15, -0.1) is 0 Å². The van der Waals surface area contributed by atoms with Crippen molar-refractivity contribution < 1.29 is 4.74 Å². The Hall–Kier alpha value is -1.94. The molecular formula is C13H13N3O. The maximum absolute atomic E-state index is 5.86. The first kappa shape index (κ1) is 10.2. The maximum atomic E-state index is 5.86. The molecule has 4 nitrogen and oxygen atoms in total. The molecular weight excluding hydrogens is 214 g/mol. The molecule has 2 heterocycles. The third-order valence-corrected chi connectivity index (χ3v) is 2.96. The average molecular weight is 227 g/mol. The third-order valence-electron chi connectivity index (χ3n) is 2.96. The van der Waals surface area contributed by atoms with Gasteiger partial charge in [0.2, 0.25) is 0 Å². The molecule has 4 heteroatoms. The Morgan fingerprint density at radius 2 is 2.12 bits per heavy atom. The highest BCUT2D eigenvalue weighted by molar-refractivity contribution is 5.71. The summed E-state index contributed by atoms with van der Waals surface area (Å²) in [6, 6.07) is 6.14. The van der Waals surface area contributed by atoms with Crippen molar-refractivity contribution >= 4 is 0 Å². The molecule has 2 aromatic rings. The van der Waals surface area contributed by atoms with Gasteiger partial charge in [0.05, 0.1) is 0 Å². The Bertz CT molecular complexity index is 527. The lowest BCUT2D eigenvalue weighted by Crippen LogP contribution is -2.24. The molecule has 1 aliphatic rings. The van der Waals surface area contributed by atoms with Crippen LogP contribution in [-0.2, 0) is 6.42 Å². The van der Waals surface area contributed by atoms with Gasteiger partial charge < -0.3 is 10.5 Å². The van der Waals surface area contributed by atoms with Crippen molar-refractivity contribution in [1.29, 1.82) is 0 Å². The van der Waals surface area contributed by atoms with E-state index in [-0.39, 0.29) is 6.10 Å². The normalized spacial score (nSPS) is 17.6. The first-order chi connectivity index (χ1) is 8.38. The number of hydrogen-bond acceptors (Lipinski definition) is 4. The number of hydrogen-bond donors (Lipinski definition) is 1. The SMILES string of the molecule is NCC1Cc2cccc(-c3cncnc3)c2O1. The number of nitrogens with zero attached hydrogens (tertiary/aromatic N) is 2. The molecule has 0 fully saturated rings. The van der Waals surface area contributed by atoms with Crippen LogP contribution in [0.5, 0.6) is 5.75 Å². The summed E-state index contributed by atoms with van der Waals surface area (Å²) < 4.78 is 5.86. The van der Waals surface area contributed by atoms with Crippen LogP contribution in [0.1, 0.15) is 5.56 Å². The molecule has 1 aliphatic heterocycles. The highest BCUT2D eigenvalue weighted by Gasteiger charge is 2.24. The summed E-state index contributed by atoms with van der Waals surface area (Å²) in [6.07, 6.45) is 6.09. The fraction of sp³-hybridized carbons (Fsp3) is 0.231. The number of aromatic nitrogens is 2. The van der Waals surface area contributed by atoms with Gasteiger partial charge in [0, 0.05) is 36.5 Å². The first-order valence-electron chi connectivity index (χ1n) is 5.62. The summed E-state index contributed by atoms with van der Waals surface area (Å²) in [4.78, 5) is 8.07. The number of fused-ring (bicyclic) bond motifs is 1. The molecule has 0 aliphatic carbocycles. The highest BCUT2D eigenvalue weighted by atomic mass is 16.5. The van der Waals surface area contributed by atoms with Gasteiger partial charge in [-0.25, -0.2) is 9.97 Å². The monoisotopic (exact) mass is 227 g/mol. The van der Waals surface area contributed by atoms with Gasteiger partial charge in [-0.1, -0.05) is 18.2 Å². The molecule has 0 spiro atoms. The second-order valence-electron chi connectivity index (χ2n) is 4.10. The lowest BCUT2D eigenvalue weighted by Gasteiger charge is -2.10. The van der Waals surface area contributed by atoms with Gasteiger partial charge in [0.1, 0.15) is 18.2 Å². The quantitative estimate of drug-likeness (QED) is 0.842. The molecule has 3 rings (SSSR count). The second kappa shape index (κ2) is 4.14. The number of nitrogens with two attached hydrogens (primary N) is 1. The number of benzene rings is 1. The van der Waals surface area contributed by atoms with Crippen molar-refractivity contribution in [2.45, 2.75) is 12.5 Å². The minimum atomic E-state index is 0.0933. The van der Waals surface area contributed by atoms with E-state index < -0.39 is 0 Å². The van der Waals surface area contributed by atoms with E-state index in [0.717, 1.165) is 23.3 Å². The van der Waals surface area contributed by atoms with E-state index >= 15 is 0 Å². The topological polar surface area (TPSA) is 61.0 Å². The molecule has 1 atom stereocenters. The fourth-order valence-corrected chi connectivity index (χ4v) is 2.14. The van der Waals surface area contributed by atoms with Crippen LogP contribution < -0.4 is 10.5 Å². The number of rotatable bonds is 2. The molecule has 1 aromatic heterocycles. The summed E-state index contributed by atoms with van der Waals surface area (Å²) in [5.41, 5.74) is 8.88. The van der Waals surface area contributed by atoms with Crippen molar-refractivity contribution in [3.8, 4) is 16.9 Å². The van der Waals surface area contributed by atoms with Gasteiger partial charge >= 0.3 is 0 Å².